The van der Waals surface area contributed by atoms with Crippen molar-refractivity contribution < 1.29 is 56.3 Å². The van der Waals surface area contributed by atoms with Crippen LogP contribution in [0.4, 0.5) is 0 Å². The van der Waals surface area contributed by atoms with Crippen molar-refractivity contribution >= 4 is 40.3 Å². The Labute approximate surface area is 177 Å². The van der Waals surface area contributed by atoms with E-state index in [4.69, 9.17) is 19.4 Å². The van der Waals surface area contributed by atoms with E-state index in [9.17, 15) is 23.7 Å². The number of hydrogen-bond acceptors (Lipinski definition) is 11. The average molecular weight is 515 g/mol. The molecule has 3 aromatic rings. The number of nitrogens with zero attached hydrogens (tertiary/aromatic N) is 5. The molecule has 5 unspecified atom stereocenters. The minimum absolute atomic E-state index is 0.0250. The van der Waals surface area contributed by atoms with Gasteiger partial charge in [-0.15, -0.1) is 0 Å². The smallest absolute Gasteiger partial charge is 0.390 e. The first-order chi connectivity index (χ1) is 14.8. The Balaban J connectivity index is 1.43. The van der Waals surface area contributed by atoms with Crippen molar-refractivity contribution in [2.75, 3.05) is 6.61 Å². The molecule has 0 saturated carbocycles. The largest absolute Gasteiger partial charge is 0.490 e. The Morgan fingerprint density at radius 2 is 1.78 bits per heavy atom. The van der Waals surface area contributed by atoms with E-state index in [-0.39, 0.29) is 6.42 Å². The van der Waals surface area contributed by atoms with Gasteiger partial charge in [0.25, 0.3) is 0 Å². The molecular weight excluding hydrogens is 499 g/mol. The number of hydrogen-bond donors (Lipinski definition) is 5. The predicted molar refractivity (Wildman–Crippen MR) is 101 cm³/mol. The number of aliphatic hydroxyl groups is 1. The van der Waals surface area contributed by atoms with Crippen LogP contribution in [-0.2, 0) is 31.6 Å². The summed E-state index contributed by atoms with van der Waals surface area (Å²) < 4.78 is 54.4. The van der Waals surface area contributed by atoms with Crippen molar-refractivity contribution in [2.45, 2.75) is 24.9 Å². The van der Waals surface area contributed by atoms with Crippen molar-refractivity contribution in [3.63, 3.8) is 0 Å². The molecule has 1 saturated heterocycles. The predicted octanol–water partition coefficient (Wildman–Crippen LogP) is 0.0707. The molecular formula is C12H16N5O12P3. The lowest BCUT2D eigenvalue weighted by Gasteiger charge is -2.19. The molecule has 0 amide bonds. The number of phosphoric acid groups is 3. The van der Waals surface area contributed by atoms with Crippen LogP contribution in [0.3, 0.4) is 0 Å². The maximum absolute atomic E-state index is 11.8. The Bertz CT molecular complexity index is 1290. The van der Waals surface area contributed by atoms with E-state index in [0.717, 1.165) is 0 Å². The first-order valence-corrected chi connectivity index (χ1v) is 13.1. The molecule has 17 nitrogen and oxygen atoms in total. The zero-order valence-electron chi connectivity index (χ0n) is 15.6. The molecule has 1 fully saturated rings. The fourth-order valence-electron chi connectivity index (χ4n) is 3.06. The number of ether oxygens (including phenoxy) is 1. The number of imidazole rings is 2. The Hall–Kier alpha value is -1.58. The average Bonchev–Trinajstić information content (AvgIpc) is 3.33. The molecule has 0 spiro atoms. The third kappa shape index (κ3) is 5.15. The Morgan fingerprint density at radius 1 is 1.03 bits per heavy atom. The lowest BCUT2D eigenvalue weighted by atomic mass is 10.2. The molecule has 0 radical (unpaired) electrons. The first-order valence-electron chi connectivity index (χ1n) is 8.60. The SMILES string of the molecule is O=P(O)(O)OP(=O)(O)OP(=O)(O)OCC1OC(n2cnc3c2ncn2ccnc32)CC1O. The maximum atomic E-state index is 11.8. The topological polar surface area (TPSA) is 237 Å². The van der Waals surface area contributed by atoms with Crippen LogP contribution in [0.25, 0.3) is 16.8 Å². The van der Waals surface area contributed by atoms with Crippen LogP contribution < -0.4 is 0 Å². The summed E-state index contributed by atoms with van der Waals surface area (Å²) in [5.41, 5.74) is 1.44. The number of aromatic nitrogens is 5. The van der Waals surface area contributed by atoms with Gasteiger partial charge in [0.2, 0.25) is 0 Å². The zero-order valence-corrected chi connectivity index (χ0v) is 18.3. The highest BCUT2D eigenvalue weighted by Crippen LogP contribution is 2.66. The molecule has 0 aliphatic carbocycles. The van der Waals surface area contributed by atoms with Crippen LogP contribution in [-0.4, -0.2) is 67.4 Å². The van der Waals surface area contributed by atoms with Crippen LogP contribution in [0.1, 0.15) is 12.6 Å². The van der Waals surface area contributed by atoms with Gasteiger partial charge in [-0.25, -0.2) is 28.6 Å². The van der Waals surface area contributed by atoms with Gasteiger partial charge in [-0.05, 0) is 0 Å². The number of aliphatic hydroxyl groups excluding tert-OH is 1. The number of fused-ring (bicyclic) bond motifs is 3. The molecule has 1 aliphatic heterocycles. The summed E-state index contributed by atoms with van der Waals surface area (Å²) in [6, 6.07) is 0. The molecule has 4 rings (SSSR count). The van der Waals surface area contributed by atoms with Crippen LogP contribution in [0, 0.1) is 0 Å². The van der Waals surface area contributed by atoms with Gasteiger partial charge in [-0.2, -0.15) is 8.62 Å². The second-order valence-electron chi connectivity index (χ2n) is 6.55. The van der Waals surface area contributed by atoms with Crippen LogP contribution in [0.5, 0.6) is 0 Å². The summed E-state index contributed by atoms with van der Waals surface area (Å²) in [6.45, 7) is -0.772. The normalized spacial score (nSPS) is 25.8. The fourth-order valence-corrected chi connectivity index (χ4v) is 6.09. The highest BCUT2D eigenvalue weighted by molar-refractivity contribution is 7.66. The second kappa shape index (κ2) is 8.33. The van der Waals surface area contributed by atoms with Gasteiger partial charge >= 0.3 is 23.5 Å². The summed E-state index contributed by atoms with van der Waals surface area (Å²) in [5, 5.41) is 10.2. The van der Waals surface area contributed by atoms with E-state index in [2.05, 4.69) is 28.1 Å². The third-order valence-corrected chi connectivity index (χ3v) is 8.09. The monoisotopic (exact) mass is 515 g/mol. The molecule has 0 bridgehead atoms. The summed E-state index contributed by atoms with van der Waals surface area (Å²) in [5.74, 6) is 0. The number of phosphoric ester groups is 1. The Kier molecular flexibility index (Phi) is 6.13. The van der Waals surface area contributed by atoms with Crippen LogP contribution in [0.2, 0.25) is 0 Å². The second-order valence-corrected chi connectivity index (χ2v) is 11.0. The van der Waals surface area contributed by atoms with Crippen molar-refractivity contribution in [1.29, 1.82) is 0 Å². The Morgan fingerprint density at radius 3 is 2.50 bits per heavy atom. The van der Waals surface area contributed by atoms with E-state index < -0.39 is 48.5 Å². The molecule has 176 valence electrons. The number of rotatable bonds is 8. The highest BCUT2D eigenvalue weighted by Gasteiger charge is 2.43. The van der Waals surface area contributed by atoms with Gasteiger partial charge in [0, 0.05) is 18.8 Å². The van der Waals surface area contributed by atoms with Crippen molar-refractivity contribution in [2.24, 2.45) is 0 Å². The van der Waals surface area contributed by atoms with Crippen molar-refractivity contribution in [3.8, 4) is 0 Å². The van der Waals surface area contributed by atoms with E-state index in [1.165, 1.54) is 17.2 Å². The lowest BCUT2D eigenvalue weighted by molar-refractivity contribution is -0.0423. The minimum Gasteiger partial charge on any atom is -0.390 e. The molecule has 32 heavy (non-hydrogen) atoms. The zero-order chi connectivity index (χ0) is 23.3. The lowest BCUT2D eigenvalue weighted by Crippen LogP contribution is -2.26. The third-order valence-electron chi connectivity index (χ3n) is 4.28. The highest BCUT2D eigenvalue weighted by atomic mass is 31.3. The molecule has 5 N–H and O–H groups in total. The summed E-state index contributed by atoms with van der Waals surface area (Å²) in [4.78, 5) is 48.5. The van der Waals surface area contributed by atoms with Gasteiger partial charge in [0.1, 0.15) is 18.7 Å². The molecule has 5 atom stereocenters. The van der Waals surface area contributed by atoms with E-state index in [1.54, 1.807) is 16.8 Å². The first kappa shape index (κ1) is 23.6. The quantitative estimate of drug-likeness (QED) is 0.250. The van der Waals surface area contributed by atoms with Gasteiger partial charge in [-0.1, -0.05) is 0 Å². The molecule has 0 aromatic carbocycles. The van der Waals surface area contributed by atoms with Gasteiger partial charge in [0.05, 0.1) is 19.0 Å². The van der Waals surface area contributed by atoms with Crippen molar-refractivity contribution in [1.82, 2.24) is 23.9 Å². The summed E-state index contributed by atoms with van der Waals surface area (Å²) in [6.07, 6.45) is 3.10. The molecule has 3 aromatic heterocycles. The van der Waals surface area contributed by atoms with Gasteiger partial charge in [-0.3, -0.25) is 13.5 Å². The van der Waals surface area contributed by atoms with Gasteiger partial charge < -0.3 is 29.4 Å². The molecule has 4 heterocycles. The maximum Gasteiger partial charge on any atom is 0.490 e. The fraction of sp³-hybridized carbons (Fsp3) is 0.417. The van der Waals surface area contributed by atoms with E-state index in [0.29, 0.717) is 16.8 Å². The van der Waals surface area contributed by atoms with Crippen LogP contribution >= 0.6 is 23.5 Å². The van der Waals surface area contributed by atoms with Crippen LogP contribution in [0.15, 0.2) is 25.0 Å². The summed E-state index contributed by atoms with van der Waals surface area (Å²) in [7, 11) is -16.5. The summed E-state index contributed by atoms with van der Waals surface area (Å²) >= 11 is 0. The van der Waals surface area contributed by atoms with E-state index >= 15 is 0 Å². The molecule has 1 aliphatic rings. The van der Waals surface area contributed by atoms with Crippen molar-refractivity contribution in [3.05, 3.63) is 25.0 Å². The molecule has 20 heteroatoms. The van der Waals surface area contributed by atoms with E-state index in [1.807, 2.05) is 0 Å². The minimum atomic E-state index is -5.64. The van der Waals surface area contributed by atoms with Gasteiger partial charge in [0.15, 0.2) is 16.8 Å². The standard InChI is InChI=1S/C12H16N5O12P3/c18-7-3-9(17-6-14-10-11-13-1-2-16(11)5-15-12(10)17)27-8(7)4-26-31(22,23)29-32(24,25)28-30(19,20)21/h1-2,5-9,18H,3-4H2,(H,22,23)(H,24,25)(H2,19,20,21).